The topological polar surface area (TPSA) is 57.4 Å². The Bertz CT molecular complexity index is 689. The van der Waals surface area contributed by atoms with Gasteiger partial charge in [-0.25, -0.2) is 5.32 Å². The molecule has 0 unspecified atom stereocenters. The van der Waals surface area contributed by atoms with E-state index in [9.17, 15) is 13.2 Å². The van der Waals surface area contributed by atoms with Crippen LogP contribution in [-0.4, -0.2) is 6.02 Å². The molecule has 0 aliphatic rings. The fourth-order valence-corrected chi connectivity index (χ4v) is 1.57. The van der Waals surface area contributed by atoms with E-state index in [1.165, 1.54) is 12.1 Å². The molecular weight excluding hydrogens is 295 g/mol. The van der Waals surface area contributed by atoms with Crippen molar-refractivity contribution in [1.82, 2.24) is 5.32 Å². The van der Waals surface area contributed by atoms with Gasteiger partial charge in [0.25, 0.3) is 0 Å². The molecule has 0 radical (unpaired) electrons. The first-order valence-electron chi connectivity index (χ1n) is 6.13. The van der Waals surface area contributed by atoms with Crippen molar-refractivity contribution in [2.24, 2.45) is 4.99 Å². The minimum absolute atomic E-state index is 0.131. The number of nitrogens with zero attached hydrogens (tertiary/aromatic N) is 2. The Balaban J connectivity index is 2.21. The number of halogens is 3. The average Bonchev–Trinajstić information content (AvgIpc) is 2.48. The number of hydrogen-bond acceptors (Lipinski definition) is 3. The van der Waals surface area contributed by atoms with Gasteiger partial charge in [-0.1, -0.05) is 18.2 Å². The first kappa shape index (κ1) is 15.4. The number of amidine groups is 1. The minimum Gasteiger partial charge on any atom is -0.425 e. The van der Waals surface area contributed by atoms with Gasteiger partial charge in [0.1, 0.15) is 5.75 Å². The summed E-state index contributed by atoms with van der Waals surface area (Å²) in [4.78, 5) is 3.96. The van der Waals surface area contributed by atoms with Crippen LogP contribution in [0.2, 0.25) is 0 Å². The van der Waals surface area contributed by atoms with Crippen molar-refractivity contribution in [2.45, 2.75) is 6.18 Å². The number of ether oxygens (including phenoxy) is 1. The Labute approximate surface area is 124 Å². The Hall–Kier alpha value is -3.01. The van der Waals surface area contributed by atoms with Gasteiger partial charge in [0.2, 0.25) is 0 Å². The standard InChI is InChI=1S/C15H10F3N3O/c16-15(17,18)11-6-8-12(9-7-11)21-14(20-10-19)22-13-4-2-1-3-5-13/h1-9H,(H,20,21). The summed E-state index contributed by atoms with van der Waals surface area (Å²) in [5.74, 6) is 0.441. The molecule has 0 amide bonds. The number of nitriles is 1. The van der Waals surface area contributed by atoms with Gasteiger partial charge in [0, 0.05) is 0 Å². The SMILES string of the molecule is N#CNC(=Nc1ccc(C(F)(F)F)cc1)Oc1ccccc1. The van der Waals surface area contributed by atoms with Crippen molar-refractivity contribution < 1.29 is 17.9 Å². The zero-order valence-electron chi connectivity index (χ0n) is 11.1. The van der Waals surface area contributed by atoms with Gasteiger partial charge in [-0.15, -0.1) is 0 Å². The molecule has 0 fully saturated rings. The fourth-order valence-electron chi connectivity index (χ4n) is 1.57. The van der Waals surface area contributed by atoms with Crippen molar-refractivity contribution in [3.05, 3.63) is 60.2 Å². The number of hydrogen-bond donors (Lipinski definition) is 1. The highest BCUT2D eigenvalue weighted by molar-refractivity contribution is 5.80. The maximum atomic E-state index is 12.5. The van der Waals surface area contributed by atoms with Crippen molar-refractivity contribution >= 4 is 11.7 Å². The quantitative estimate of drug-likeness (QED) is 0.397. The highest BCUT2D eigenvalue weighted by atomic mass is 19.4. The van der Waals surface area contributed by atoms with Gasteiger partial charge in [-0.05, 0) is 36.4 Å². The molecule has 0 spiro atoms. The van der Waals surface area contributed by atoms with Crippen LogP contribution in [-0.2, 0) is 6.18 Å². The zero-order chi connectivity index (χ0) is 16.0. The van der Waals surface area contributed by atoms with E-state index in [-0.39, 0.29) is 11.7 Å². The summed E-state index contributed by atoms with van der Waals surface area (Å²) in [6.07, 6.45) is -2.75. The Morgan fingerprint density at radius 3 is 2.23 bits per heavy atom. The summed E-state index contributed by atoms with van der Waals surface area (Å²) in [6.45, 7) is 0. The molecule has 0 aliphatic heterocycles. The molecule has 0 aliphatic carbocycles. The van der Waals surface area contributed by atoms with Gasteiger partial charge in [0.15, 0.2) is 6.19 Å². The van der Waals surface area contributed by atoms with Crippen LogP contribution in [0, 0.1) is 11.5 Å². The fraction of sp³-hybridized carbons (Fsp3) is 0.0667. The van der Waals surface area contributed by atoms with Gasteiger partial charge in [0.05, 0.1) is 11.3 Å². The van der Waals surface area contributed by atoms with Gasteiger partial charge < -0.3 is 4.74 Å². The van der Waals surface area contributed by atoms with E-state index < -0.39 is 11.7 Å². The molecule has 7 heteroatoms. The van der Waals surface area contributed by atoms with Gasteiger partial charge >= 0.3 is 12.2 Å². The summed E-state index contributed by atoms with van der Waals surface area (Å²) in [7, 11) is 0. The lowest BCUT2D eigenvalue weighted by Gasteiger charge is -2.08. The number of aliphatic imine (C=N–C) groups is 1. The number of alkyl halides is 3. The van der Waals surface area contributed by atoms with Gasteiger partial charge in [-0.2, -0.15) is 23.4 Å². The minimum atomic E-state index is -4.41. The normalized spacial score (nSPS) is 11.6. The molecule has 0 aromatic heterocycles. The monoisotopic (exact) mass is 305 g/mol. The summed E-state index contributed by atoms with van der Waals surface area (Å²) < 4.78 is 42.8. The first-order valence-corrected chi connectivity index (χ1v) is 6.13. The van der Waals surface area contributed by atoms with Crippen LogP contribution in [0.3, 0.4) is 0 Å². The molecule has 2 rings (SSSR count). The maximum Gasteiger partial charge on any atom is 0.416 e. The van der Waals surface area contributed by atoms with Crippen molar-refractivity contribution in [2.75, 3.05) is 0 Å². The average molecular weight is 305 g/mol. The molecule has 112 valence electrons. The Morgan fingerprint density at radius 2 is 1.68 bits per heavy atom. The maximum absolute atomic E-state index is 12.5. The molecule has 0 saturated heterocycles. The number of nitrogens with one attached hydrogen (secondary N) is 1. The second-order valence-electron chi connectivity index (χ2n) is 4.11. The molecule has 2 aromatic carbocycles. The predicted octanol–water partition coefficient (Wildman–Crippen LogP) is 3.84. The van der Waals surface area contributed by atoms with Crippen LogP contribution in [0.15, 0.2) is 59.6 Å². The zero-order valence-corrected chi connectivity index (χ0v) is 11.1. The summed E-state index contributed by atoms with van der Waals surface area (Å²) >= 11 is 0. The van der Waals surface area contributed by atoms with E-state index in [0.717, 1.165) is 12.1 Å². The molecule has 0 heterocycles. The van der Waals surface area contributed by atoms with Crippen LogP contribution >= 0.6 is 0 Å². The third kappa shape index (κ3) is 4.24. The number of rotatable bonds is 2. The molecule has 0 saturated carbocycles. The molecule has 0 atom stereocenters. The van der Waals surface area contributed by atoms with E-state index in [0.29, 0.717) is 5.75 Å². The van der Waals surface area contributed by atoms with Crippen LogP contribution < -0.4 is 10.1 Å². The van der Waals surface area contributed by atoms with Crippen molar-refractivity contribution in [3.8, 4) is 11.9 Å². The molecule has 1 N–H and O–H groups in total. The first-order chi connectivity index (χ1) is 10.5. The molecular formula is C15H10F3N3O. The second kappa shape index (κ2) is 6.63. The van der Waals surface area contributed by atoms with Crippen LogP contribution in [0.4, 0.5) is 18.9 Å². The lowest BCUT2D eigenvalue weighted by molar-refractivity contribution is -0.137. The summed E-state index contributed by atoms with van der Waals surface area (Å²) in [6, 6.07) is 12.6. The third-order valence-corrected chi connectivity index (χ3v) is 2.55. The van der Waals surface area contributed by atoms with Gasteiger partial charge in [-0.3, -0.25) is 0 Å². The smallest absolute Gasteiger partial charge is 0.416 e. The number of benzene rings is 2. The van der Waals surface area contributed by atoms with Crippen molar-refractivity contribution in [1.29, 1.82) is 5.26 Å². The molecule has 4 nitrogen and oxygen atoms in total. The molecule has 0 bridgehead atoms. The van der Waals surface area contributed by atoms with E-state index in [2.05, 4.69) is 10.3 Å². The van der Waals surface area contributed by atoms with Crippen LogP contribution in [0.5, 0.6) is 5.75 Å². The highest BCUT2D eigenvalue weighted by Crippen LogP contribution is 2.30. The Kier molecular flexibility index (Phi) is 4.63. The second-order valence-corrected chi connectivity index (χ2v) is 4.11. The third-order valence-electron chi connectivity index (χ3n) is 2.55. The number of para-hydroxylation sites is 1. The summed E-state index contributed by atoms with van der Waals surface area (Å²) in [5.41, 5.74) is -0.549. The Morgan fingerprint density at radius 1 is 1.05 bits per heavy atom. The van der Waals surface area contributed by atoms with E-state index in [1.807, 2.05) is 0 Å². The van der Waals surface area contributed by atoms with E-state index in [4.69, 9.17) is 10.00 Å². The lowest BCUT2D eigenvalue weighted by atomic mass is 10.2. The van der Waals surface area contributed by atoms with Crippen LogP contribution in [0.1, 0.15) is 5.56 Å². The highest BCUT2D eigenvalue weighted by Gasteiger charge is 2.29. The van der Waals surface area contributed by atoms with E-state index >= 15 is 0 Å². The largest absolute Gasteiger partial charge is 0.425 e. The molecule has 22 heavy (non-hydrogen) atoms. The lowest BCUT2D eigenvalue weighted by Crippen LogP contribution is -2.23. The van der Waals surface area contributed by atoms with E-state index in [1.54, 1.807) is 36.5 Å². The predicted molar refractivity (Wildman–Crippen MR) is 74.4 cm³/mol. The molecule has 2 aromatic rings. The van der Waals surface area contributed by atoms with Crippen molar-refractivity contribution in [3.63, 3.8) is 0 Å². The van der Waals surface area contributed by atoms with Crippen LogP contribution in [0.25, 0.3) is 0 Å². The summed E-state index contributed by atoms with van der Waals surface area (Å²) in [5, 5.41) is 10.9.